The van der Waals surface area contributed by atoms with Crippen molar-refractivity contribution < 1.29 is 13.7 Å². The van der Waals surface area contributed by atoms with Crippen molar-refractivity contribution in [1.82, 2.24) is 15.0 Å². The highest BCUT2D eigenvalue weighted by molar-refractivity contribution is 5.76. The second kappa shape index (κ2) is 8.19. The monoisotopic (exact) mass is 371 g/mol. The van der Waals surface area contributed by atoms with E-state index in [-0.39, 0.29) is 17.6 Å². The Hall–Kier alpha value is -2.24. The Morgan fingerprint density at radius 2 is 1.89 bits per heavy atom. The Kier molecular flexibility index (Phi) is 5.50. The topological polar surface area (TPSA) is 59.2 Å². The molecule has 1 aliphatic heterocycles. The molecule has 2 heterocycles. The summed E-state index contributed by atoms with van der Waals surface area (Å²) in [6, 6.07) is 6.06. The molecular formula is C21H26FN3O2. The van der Waals surface area contributed by atoms with Gasteiger partial charge in [0.1, 0.15) is 5.82 Å². The zero-order valence-corrected chi connectivity index (χ0v) is 15.6. The Bertz CT molecular complexity index is 768. The molecule has 1 aromatic heterocycles. The third-order valence-corrected chi connectivity index (χ3v) is 5.86. The number of carbonyl (C=O) groups excluding carboxylic acids is 1. The summed E-state index contributed by atoms with van der Waals surface area (Å²) < 4.78 is 18.6. The van der Waals surface area contributed by atoms with Gasteiger partial charge in [0.25, 0.3) is 0 Å². The quantitative estimate of drug-likeness (QED) is 0.791. The molecule has 2 fully saturated rings. The standard InChI is InChI=1S/C21H26FN3O2/c22-18-10-8-16(9-11-18)20-23-21(27-24-20)17-7-4-12-25(14-17)19(26)13-15-5-2-1-3-6-15/h8-11,15,17H,1-7,12-14H2/t17-/m1/s1. The fraction of sp³-hybridized carbons (Fsp3) is 0.571. The van der Waals surface area contributed by atoms with Crippen molar-refractivity contribution in [2.75, 3.05) is 13.1 Å². The van der Waals surface area contributed by atoms with Crippen molar-refractivity contribution in [3.63, 3.8) is 0 Å². The van der Waals surface area contributed by atoms with Crippen LogP contribution in [0.2, 0.25) is 0 Å². The summed E-state index contributed by atoms with van der Waals surface area (Å²) in [4.78, 5) is 19.2. The van der Waals surface area contributed by atoms with Gasteiger partial charge >= 0.3 is 0 Å². The average molecular weight is 371 g/mol. The van der Waals surface area contributed by atoms with Crippen LogP contribution in [0.1, 0.15) is 63.2 Å². The van der Waals surface area contributed by atoms with Gasteiger partial charge in [-0.05, 0) is 55.9 Å². The van der Waals surface area contributed by atoms with Crippen LogP contribution in [0, 0.1) is 11.7 Å². The number of likely N-dealkylation sites (tertiary alicyclic amines) is 1. The van der Waals surface area contributed by atoms with Crippen LogP contribution in [-0.2, 0) is 4.79 Å². The van der Waals surface area contributed by atoms with Gasteiger partial charge in [0.05, 0.1) is 5.92 Å². The van der Waals surface area contributed by atoms with Crippen molar-refractivity contribution in [2.24, 2.45) is 5.92 Å². The molecule has 0 bridgehead atoms. The first-order valence-corrected chi connectivity index (χ1v) is 10.1. The largest absolute Gasteiger partial charge is 0.342 e. The van der Waals surface area contributed by atoms with E-state index in [4.69, 9.17) is 4.52 Å². The lowest BCUT2D eigenvalue weighted by molar-refractivity contribution is -0.133. The van der Waals surface area contributed by atoms with E-state index >= 15 is 0 Å². The zero-order chi connectivity index (χ0) is 18.6. The number of halogens is 1. The molecule has 144 valence electrons. The normalized spacial score (nSPS) is 21.4. The summed E-state index contributed by atoms with van der Waals surface area (Å²) in [7, 11) is 0. The molecule has 1 aliphatic carbocycles. The minimum absolute atomic E-state index is 0.0794. The van der Waals surface area contributed by atoms with Gasteiger partial charge in [-0.15, -0.1) is 0 Å². The van der Waals surface area contributed by atoms with Crippen LogP contribution in [0.25, 0.3) is 11.4 Å². The average Bonchev–Trinajstić information content (AvgIpc) is 3.20. The van der Waals surface area contributed by atoms with Gasteiger partial charge in [-0.2, -0.15) is 4.98 Å². The molecule has 1 aromatic carbocycles. The maximum absolute atomic E-state index is 13.1. The summed E-state index contributed by atoms with van der Waals surface area (Å²) in [5.41, 5.74) is 0.729. The Morgan fingerprint density at radius 1 is 1.11 bits per heavy atom. The maximum Gasteiger partial charge on any atom is 0.231 e. The molecule has 0 radical (unpaired) electrons. The first-order chi connectivity index (χ1) is 13.2. The van der Waals surface area contributed by atoms with Crippen LogP contribution in [-0.4, -0.2) is 34.0 Å². The third kappa shape index (κ3) is 4.37. The molecule has 0 unspecified atom stereocenters. The summed E-state index contributed by atoms with van der Waals surface area (Å²) in [6.07, 6.45) is 8.78. The van der Waals surface area contributed by atoms with Gasteiger partial charge in [-0.1, -0.05) is 24.4 Å². The molecule has 2 aromatic rings. The minimum atomic E-state index is -0.290. The fourth-order valence-electron chi connectivity index (χ4n) is 4.29. The summed E-state index contributed by atoms with van der Waals surface area (Å²) in [6.45, 7) is 1.47. The van der Waals surface area contributed by atoms with Crippen molar-refractivity contribution in [3.05, 3.63) is 36.0 Å². The number of hydrogen-bond donors (Lipinski definition) is 0. The highest BCUT2D eigenvalue weighted by atomic mass is 19.1. The van der Waals surface area contributed by atoms with Crippen LogP contribution in [0.4, 0.5) is 4.39 Å². The Morgan fingerprint density at radius 3 is 2.67 bits per heavy atom. The molecule has 1 saturated carbocycles. The fourth-order valence-corrected chi connectivity index (χ4v) is 4.29. The van der Waals surface area contributed by atoms with E-state index in [2.05, 4.69) is 10.1 Å². The third-order valence-electron chi connectivity index (χ3n) is 5.86. The first kappa shape index (κ1) is 18.1. The van der Waals surface area contributed by atoms with Crippen molar-refractivity contribution in [2.45, 2.75) is 57.3 Å². The van der Waals surface area contributed by atoms with Crippen LogP contribution in [0.3, 0.4) is 0 Å². The molecule has 2 aliphatic rings. The van der Waals surface area contributed by atoms with Gasteiger partial charge in [-0.3, -0.25) is 4.79 Å². The molecular weight excluding hydrogens is 345 g/mol. The van der Waals surface area contributed by atoms with Gasteiger partial charge in [-0.25, -0.2) is 4.39 Å². The number of aromatic nitrogens is 2. The lowest BCUT2D eigenvalue weighted by Crippen LogP contribution is -2.40. The second-order valence-electron chi connectivity index (χ2n) is 7.85. The highest BCUT2D eigenvalue weighted by Crippen LogP contribution is 2.30. The number of benzene rings is 1. The molecule has 0 spiro atoms. The van der Waals surface area contributed by atoms with Gasteiger partial charge < -0.3 is 9.42 Å². The highest BCUT2D eigenvalue weighted by Gasteiger charge is 2.30. The van der Waals surface area contributed by atoms with E-state index in [0.717, 1.165) is 24.9 Å². The Labute approximate surface area is 158 Å². The number of nitrogens with zero attached hydrogens (tertiary/aromatic N) is 3. The summed E-state index contributed by atoms with van der Waals surface area (Å²) >= 11 is 0. The van der Waals surface area contributed by atoms with Crippen molar-refractivity contribution in [1.29, 1.82) is 0 Å². The Balaban J connectivity index is 1.39. The predicted octanol–water partition coefficient (Wildman–Crippen LogP) is 4.55. The zero-order valence-electron chi connectivity index (χ0n) is 15.6. The molecule has 4 rings (SSSR count). The van der Waals surface area contributed by atoms with Gasteiger partial charge in [0.15, 0.2) is 0 Å². The molecule has 1 saturated heterocycles. The molecule has 27 heavy (non-hydrogen) atoms. The van der Waals surface area contributed by atoms with Gasteiger partial charge in [0, 0.05) is 25.1 Å². The molecule has 1 amide bonds. The first-order valence-electron chi connectivity index (χ1n) is 10.1. The van der Waals surface area contributed by atoms with E-state index < -0.39 is 0 Å². The van der Waals surface area contributed by atoms with Crippen LogP contribution >= 0.6 is 0 Å². The number of carbonyl (C=O) groups is 1. The van der Waals surface area contributed by atoms with E-state index in [9.17, 15) is 9.18 Å². The van der Waals surface area contributed by atoms with E-state index in [1.807, 2.05) is 4.90 Å². The molecule has 6 heteroatoms. The van der Waals surface area contributed by atoms with Gasteiger partial charge in [0.2, 0.25) is 17.6 Å². The van der Waals surface area contributed by atoms with E-state index in [0.29, 0.717) is 30.6 Å². The number of amides is 1. The lowest BCUT2D eigenvalue weighted by atomic mass is 9.86. The number of piperidine rings is 1. The van der Waals surface area contributed by atoms with Crippen LogP contribution < -0.4 is 0 Å². The van der Waals surface area contributed by atoms with E-state index in [1.165, 1.54) is 44.2 Å². The van der Waals surface area contributed by atoms with Crippen LogP contribution in [0.5, 0.6) is 0 Å². The van der Waals surface area contributed by atoms with Crippen LogP contribution in [0.15, 0.2) is 28.8 Å². The molecule has 1 atom stereocenters. The number of rotatable bonds is 4. The molecule has 5 nitrogen and oxygen atoms in total. The maximum atomic E-state index is 13.1. The lowest BCUT2D eigenvalue weighted by Gasteiger charge is -2.32. The van der Waals surface area contributed by atoms with Crippen molar-refractivity contribution in [3.8, 4) is 11.4 Å². The predicted molar refractivity (Wildman–Crippen MR) is 99.4 cm³/mol. The summed E-state index contributed by atoms with van der Waals surface area (Å²) in [5.74, 6) is 1.66. The van der Waals surface area contributed by atoms with E-state index in [1.54, 1.807) is 12.1 Å². The number of hydrogen-bond acceptors (Lipinski definition) is 4. The minimum Gasteiger partial charge on any atom is -0.342 e. The summed E-state index contributed by atoms with van der Waals surface area (Å²) in [5, 5.41) is 4.04. The molecule has 0 N–H and O–H groups in total. The smallest absolute Gasteiger partial charge is 0.231 e. The SMILES string of the molecule is O=C(CC1CCCCC1)N1CCC[C@@H](c2nc(-c3ccc(F)cc3)no2)C1. The second-order valence-corrected chi connectivity index (χ2v) is 7.85. The van der Waals surface area contributed by atoms with Crippen molar-refractivity contribution >= 4 is 5.91 Å².